The molecule has 0 fully saturated rings. The second kappa shape index (κ2) is 7.30. The summed E-state index contributed by atoms with van der Waals surface area (Å²) in [5.41, 5.74) is 0. The summed E-state index contributed by atoms with van der Waals surface area (Å²) in [7, 11) is 4.15. The summed E-state index contributed by atoms with van der Waals surface area (Å²) in [4.78, 5) is 4.48. The van der Waals surface area contributed by atoms with Crippen LogP contribution in [0, 0.1) is 0 Å². The molecule has 0 saturated carbocycles. The van der Waals surface area contributed by atoms with E-state index in [0.717, 1.165) is 32.6 Å². The summed E-state index contributed by atoms with van der Waals surface area (Å²) in [6.45, 7) is 8.00. The van der Waals surface area contributed by atoms with E-state index in [2.05, 4.69) is 30.8 Å². The summed E-state index contributed by atoms with van der Waals surface area (Å²) in [5, 5.41) is 9.26. The predicted molar refractivity (Wildman–Crippen MR) is 57.0 cm³/mol. The van der Waals surface area contributed by atoms with E-state index < -0.39 is 0 Å². The van der Waals surface area contributed by atoms with Gasteiger partial charge in [-0.15, -0.1) is 0 Å². The second-order valence-electron chi connectivity index (χ2n) is 3.95. The molecular formula is C10H24N2O. The van der Waals surface area contributed by atoms with Crippen LogP contribution in [0.4, 0.5) is 0 Å². The minimum absolute atomic E-state index is 0.214. The Labute approximate surface area is 82.3 Å². The number of rotatable bonds is 7. The highest BCUT2D eigenvalue weighted by Crippen LogP contribution is 1.94. The molecule has 3 nitrogen and oxygen atoms in total. The summed E-state index contributed by atoms with van der Waals surface area (Å²) in [5.74, 6) is 0. The van der Waals surface area contributed by atoms with Crippen molar-refractivity contribution in [3.05, 3.63) is 0 Å². The van der Waals surface area contributed by atoms with Crippen LogP contribution in [-0.4, -0.2) is 61.3 Å². The highest BCUT2D eigenvalue weighted by atomic mass is 16.3. The molecule has 13 heavy (non-hydrogen) atoms. The lowest BCUT2D eigenvalue weighted by Gasteiger charge is -2.24. The maximum Gasteiger partial charge on any atom is 0.0639 e. The van der Waals surface area contributed by atoms with Gasteiger partial charge in [-0.2, -0.15) is 0 Å². The fourth-order valence-electron chi connectivity index (χ4n) is 1.33. The molecule has 0 aliphatic carbocycles. The third-order valence-corrected chi connectivity index (χ3v) is 1.93. The second-order valence-corrected chi connectivity index (χ2v) is 3.95. The van der Waals surface area contributed by atoms with E-state index in [4.69, 9.17) is 0 Å². The highest BCUT2D eigenvalue weighted by molar-refractivity contribution is 4.62. The Morgan fingerprint density at radius 3 is 2.15 bits per heavy atom. The number of hydrogen-bond donors (Lipinski definition) is 1. The smallest absolute Gasteiger partial charge is 0.0639 e. The summed E-state index contributed by atoms with van der Waals surface area (Å²) in [6.07, 6.45) is 0.939. The molecule has 0 aromatic rings. The zero-order valence-electron chi connectivity index (χ0n) is 9.45. The molecule has 0 radical (unpaired) electrons. The summed E-state index contributed by atoms with van der Waals surface area (Å²) >= 11 is 0. The van der Waals surface area contributed by atoms with Gasteiger partial charge >= 0.3 is 0 Å². The highest BCUT2D eigenvalue weighted by Gasteiger charge is 2.06. The van der Waals surface area contributed by atoms with Crippen molar-refractivity contribution >= 4 is 0 Å². The Morgan fingerprint density at radius 1 is 1.15 bits per heavy atom. The van der Waals surface area contributed by atoms with Gasteiger partial charge in [0.25, 0.3) is 0 Å². The number of hydrogen-bond acceptors (Lipinski definition) is 3. The molecule has 0 rings (SSSR count). The molecule has 1 N–H and O–H groups in total. The number of nitrogens with zero attached hydrogens (tertiary/aromatic N) is 2. The van der Waals surface area contributed by atoms with Gasteiger partial charge in [0.1, 0.15) is 0 Å². The zero-order chi connectivity index (χ0) is 10.3. The average Bonchev–Trinajstić information content (AvgIpc) is 1.99. The molecule has 0 aromatic carbocycles. The van der Waals surface area contributed by atoms with Crippen LogP contribution >= 0.6 is 0 Å². The quantitative estimate of drug-likeness (QED) is 0.635. The molecule has 0 bridgehead atoms. The standard InChI is InChI=1S/C10H24N2O/c1-5-6-12(9-10(2)13)8-7-11(3)4/h10,13H,5-9H2,1-4H3/t10-/m0/s1. The van der Waals surface area contributed by atoms with Crippen LogP contribution in [0.1, 0.15) is 20.3 Å². The first-order valence-electron chi connectivity index (χ1n) is 5.11. The van der Waals surface area contributed by atoms with E-state index in [0.29, 0.717) is 0 Å². The minimum atomic E-state index is -0.214. The topological polar surface area (TPSA) is 26.7 Å². The van der Waals surface area contributed by atoms with Crippen LogP contribution in [0.3, 0.4) is 0 Å². The van der Waals surface area contributed by atoms with E-state index in [9.17, 15) is 5.11 Å². The van der Waals surface area contributed by atoms with Crippen molar-refractivity contribution in [1.29, 1.82) is 0 Å². The summed E-state index contributed by atoms with van der Waals surface area (Å²) in [6, 6.07) is 0. The van der Waals surface area contributed by atoms with Crippen molar-refractivity contribution in [1.82, 2.24) is 9.80 Å². The molecule has 0 aliphatic rings. The molecule has 80 valence electrons. The third-order valence-electron chi connectivity index (χ3n) is 1.93. The molecule has 0 aromatic heterocycles. The maximum absolute atomic E-state index is 9.26. The molecule has 1 atom stereocenters. The SMILES string of the molecule is CCCN(CCN(C)C)C[C@H](C)O. The first kappa shape index (κ1) is 12.9. The lowest BCUT2D eigenvalue weighted by molar-refractivity contribution is 0.121. The van der Waals surface area contributed by atoms with Crippen molar-refractivity contribution < 1.29 is 5.11 Å². The van der Waals surface area contributed by atoms with Gasteiger partial charge in [-0.1, -0.05) is 6.92 Å². The fraction of sp³-hybridized carbons (Fsp3) is 1.00. The molecule has 0 saturated heterocycles. The van der Waals surface area contributed by atoms with Gasteiger partial charge in [0.2, 0.25) is 0 Å². The van der Waals surface area contributed by atoms with Gasteiger partial charge in [-0.05, 0) is 34.0 Å². The van der Waals surface area contributed by atoms with Crippen molar-refractivity contribution in [2.24, 2.45) is 0 Å². The third kappa shape index (κ3) is 8.22. The van der Waals surface area contributed by atoms with Gasteiger partial charge in [-0.25, -0.2) is 0 Å². The van der Waals surface area contributed by atoms with Gasteiger partial charge in [0.05, 0.1) is 6.10 Å². The Kier molecular flexibility index (Phi) is 7.23. The molecule has 0 spiro atoms. The Bertz CT molecular complexity index is 115. The van der Waals surface area contributed by atoms with Gasteiger partial charge in [-0.3, -0.25) is 4.90 Å². The van der Waals surface area contributed by atoms with Gasteiger partial charge in [0, 0.05) is 19.6 Å². The molecule has 0 amide bonds. The van der Waals surface area contributed by atoms with Crippen LogP contribution in [0.5, 0.6) is 0 Å². The first-order chi connectivity index (χ1) is 6.06. The Morgan fingerprint density at radius 2 is 1.77 bits per heavy atom. The molecule has 0 heterocycles. The molecular weight excluding hydrogens is 164 g/mol. The number of aliphatic hydroxyl groups is 1. The van der Waals surface area contributed by atoms with Crippen molar-refractivity contribution in [2.45, 2.75) is 26.4 Å². The van der Waals surface area contributed by atoms with Crippen LogP contribution in [-0.2, 0) is 0 Å². The molecule has 0 aliphatic heterocycles. The van der Waals surface area contributed by atoms with Crippen LogP contribution in [0.25, 0.3) is 0 Å². The Hall–Kier alpha value is -0.120. The number of aliphatic hydroxyl groups excluding tert-OH is 1. The van der Waals surface area contributed by atoms with Crippen molar-refractivity contribution in [3.63, 3.8) is 0 Å². The van der Waals surface area contributed by atoms with Crippen molar-refractivity contribution in [2.75, 3.05) is 40.3 Å². The van der Waals surface area contributed by atoms with Crippen LogP contribution < -0.4 is 0 Å². The van der Waals surface area contributed by atoms with Gasteiger partial charge < -0.3 is 10.0 Å². The molecule has 3 heteroatoms. The minimum Gasteiger partial charge on any atom is -0.392 e. The van der Waals surface area contributed by atoms with Gasteiger partial charge in [0.15, 0.2) is 0 Å². The lowest BCUT2D eigenvalue weighted by atomic mass is 10.3. The van der Waals surface area contributed by atoms with E-state index >= 15 is 0 Å². The predicted octanol–water partition coefficient (Wildman–Crippen LogP) is 0.641. The first-order valence-corrected chi connectivity index (χ1v) is 5.11. The lowest BCUT2D eigenvalue weighted by Crippen LogP contribution is -2.36. The van der Waals surface area contributed by atoms with Crippen LogP contribution in [0.15, 0.2) is 0 Å². The van der Waals surface area contributed by atoms with E-state index in [1.54, 1.807) is 0 Å². The fourth-order valence-corrected chi connectivity index (χ4v) is 1.33. The van der Waals surface area contributed by atoms with Crippen LogP contribution in [0.2, 0.25) is 0 Å². The van der Waals surface area contributed by atoms with Crippen molar-refractivity contribution in [3.8, 4) is 0 Å². The Balaban J connectivity index is 3.66. The van der Waals surface area contributed by atoms with E-state index in [1.165, 1.54) is 0 Å². The monoisotopic (exact) mass is 188 g/mol. The molecule has 0 unspecified atom stereocenters. The number of likely N-dealkylation sites (N-methyl/N-ethyl adjacent to an activating group) is 1. The maximum atomic E-state index is 9.26. The normalized spacial score (nSPS) is 14.1. The van der Waals surface area contributed by atoms with E-state index in [1.807, 2.05) is 6.92 Å². The largest absolute Gasteiger partial charge is 0.392 e. The average molecular weight is 188 g/mol. The van der Waals surface area contributed by atoms with E-state index in [-0.39, 0.29) is 6.10 Å². The summed E-state index contributed by atoms with van der Waals surface area (Å²) < 4.78 is 0. The zero-order valence-corrected chi connectivity index (χ0v) is 9.45.